The van der Waals surface area contributed by atoms with Gasteiger partial charge in [0.05, 0.1) is 6.04 Å². The number of hydrogen-bond acceptors (Lipinski definition) is 2. The summed E-state index contributed by atoms with van der Waals surface area (Å²) in [7, 11) is 0. The highest BCUT2D eigenvalue weighted by Gasteiger charge is 2.35. The fourth-order valence-electron chi connectivity index (χ4n) is 5.37. The Balaban J connectivity index is 1.46. The van der Waals surface area contributed by atoms with Gasteiger partial charge in [0.1, 0.15) is 0 Å². The molecule has 3 nitrogen and oxygen atoms in total. The molecule has 2 aliphatic heterocycles. The van der Waals surface area contributed by atoms with Gasteiger partial charge in [-0.3, -0.25) is 9.69 Å². The number of likely N-dealkylation sites (tertiary alicyclic amines) is 2. The second-order valence-corrected chi connectivity index (χ2v) is 8.60. The van der Waals surface area contributed by atoms with E-state index in [1.807, 2.05) is 0 Å². The minimum absolute atomic E-state index is 0.115. The Kier molecular flexibility index (Phi) is 6.66. The smallest absolute Gasteiger partial charge is 0.239 e. The van der Waals surface area contributed by atoms with Gasteiger partial charge in [-0.2, -0.15) is 0 Å². The Morgan fingerprint density at radius 3 is 2.00 bits per heavy atom. The van der Waals surface area contributed by atoms with Crippen molar-refractivity contribution < 1.29 is 4.79 Å². The van der Waals surface area contributed by atoms with Crippen LogP contribution in [0.5, 0.6) is 0 Å². The van der Waals surface area contributed by atoms with E-state index in [4.69, 9.17) is 0 Å². The van der Waals surface area contributed by atoms with Crippen LogP contribution in [0.2, 0.25) is 0 Å². The Morgan fingerprint density at radius 2 is 1.45 bits per heavy atom. The zero-order chi connectivity index (χ0) is 20.1. The van der Waals surface area contributed by atoms with Crippen LogP contribution in [0.4, 0.5) is 0 Å². The van der Waals surface area contributed by atoms with Gasteiger partial charge in [0.2, 0.25) is 5.91 Å². The maximum absolute atomic E-state index is 13.2. The average molecular weight is 391 g/mol. The second kappa shape index (κ2) is 9.58. The summed E-state index contributed by atoms with van der Waals surface area (Å²) in [6.45, 7) is 6.04. The maximum Gasteiger partial charge on any atom is 0.239 e. The summed E-state index contributed by atoms with van der Waals surface area (Å²) < 4.78 is 0. The van der Waals surface area contributed by atoms with Gasteiger partial charge in [-0.1, -0.05) is 74.0 Å². The van der Waals surface area contributed by atoms with Crippen molar-refractivity contribution in [2.24, 2.45) is 5.92 Å². The minimum Gasteiger partial charge on any atom is -0.341 e. The quantitative estimate of drug-likeness (QED) is 0.723. The first-order chi connectivity index (χ1) is 14.3. The summed E-state index contributed by atoms with van der Waals surface area (Å²) in [4.78, 5) is 17.8. The van der Waals surface area contributed by atoms with Crippen LogP contribution in [0.1, 0.15) is 56.1 Å². The molecule has 0 bridgehead atoms. The van der Waals surface area contributed by atoms with Crippen molar-refractivity contribution in [1.82, 2.24) is 9.80 Å². The topological polar surface area (TPSA) is 23.6 Å². The van der Waals surface area contributed by atoms with E-state index in [9.17, 15) is 4.79 Å². The van der Waals surface area contributed by atoms with Crippen molar-refractivity contribution in [2.75, 3.05) is 26.2 Å². The summed E-state index contributed by atoms with van der Waals surface area (Å²) in [6, 6.07) is 21.9. The van der Waals surface area contributed by atoms with Crippen LogP contribution in [-0.2, 0) is 4.79 Å². The molecule has 0 saturated carbocycles. The average Bonchev–Trinajstić information content (AvgIpc) is 2.81. The van der Waals surface area contributed by atoms with Crippen molar-refractivity contribution in [3.05, 3.63) is 71.8 Å². The van der Waals surface area contributed by atoms with E-state index < -0.39 is 0 Å². The molecule has 2 aliphatic rings. The first-order valence-electron chi connectivity index (χ1n) is 11.4. The third-order valence-electron chi connectivity index (χ3n) is 6.94. The minimum atomic E-state index is 0.115. The summed E-state index contributed by atoms with van der Waals surface area (Å²) in [6.07, 6.45) is 5.62. The number of hydrogen-bond donors (Lipinski definition) is 0. The van der Waals surface area contributed by atoms with Crippen LogP contribution < -0.4 is 0 Å². The number of amides is 1. The molecule has 2 aromatic carbocycles. The van der Waals surface area contributed by atoms with Crippen LogP contribution in [-0.4, -0.2) is 47.9 Å². The van der Waals surface area contributed by atoms with E-state index in [1.165, 1.54) is 24.0 Å². The monoisotopic (exact) mass is 390 g/mol. The summed E-state index contributed by atoms with van der Waals surface area (Å²) in [5.74, 6) is 1.37. The molecule has 2 heterocycles. The predicted octanol–water partition coefficient (Wildman–Crippen LogP) is 4.93. The highest BCUT2D eigenvalue weighted by Crippen LogP contribution is 2.38. The summed E-state index contributed by atoms with van der Waals surface area (Å²) >= 11 is 0. The second-order valence-electron chi connectivity index (χ2n) is 8.60. The van der Waals surface area contributed by atoms with Crippen LogP contribution in [0.25, 0.3) is 0 Å². The van der Waals surface area contributed by atoms with Gasteiger partial charge in [-0.15, -0.1) is 0 Å². The lowest BCUT2D eigenvalue weighted by molar-refractivity contribution is -0.139. The van der Waals surface area contributed by atoms with E-state index in [2.05, 4.69) is 77.4 Å². The molecule has 1 amide bonds. The highest BCUT2D eigenvalue weighted by atomic mass is 16.2. The van der Waals surface area contributed by atoms with Gasteiger partial charge in [0.25, 0.3) is 0 Å². The first-order valence-corrected chi connectivity index (χ1v) is 11.4. The van der Waals surface area contributed by atoms with Gasteiger partial charge in [-0.05, 0) is 55.8 Å². The molecule has 4 rings (SSSR count). The lowest BCUT2D eigenvalue weighted by atomic mass is 9.76. The van der Waals surface area contributed by atoms with E-state index in [1.54, 1.807) is 0 Å². The number of carbonyl (C=O) groups is 1. The van der Waals surface area contributed by atoms with E-state index in [0.717, 1.165) is 45.4 Å². The number of nitrogens with zero attached hydrogens (tertiary/aromatic N) is 2. The maximum atomic E-state index is 13.2. The Bertz CT molecular complexity index is 728. The van der Waals surface area contributed by atoms with Gasteiger partial charge >= 0.3 is 0 Å². The fourth-order valence-corrected chi connectivity index (χ4v) is 5.37. The van der Waals surface area contributed by atoms with Crippen molar-refractivity contribution in [1.29, 1.82) is 0 Å². The molecule has 2 aromatic rings. The zero-order valence-corrected chi connectivity index (χ0v) is 17.7. The molecule has 0 spiro atoms. The first kappa shape index (κ1) is 20.2. The van der Waals surface area contributed by atoms with Gasteiger partial charge in [0, 0.05) is 19.0 Å². The molecule has 29 heavy (non-hydrogen) atoms. The zero-order valence-electron chi connectivity index (χ0n) is 17.7. The number of likely N-dealkylation sites (N-methyl/N-ethyl adjacent to an activating group) is 1. The van der Waals surface area contributed by atoms with Crippen LogP contribution in [0, 0.1) is 5.92 Å². The lowest BCUT2D eigenvalue weighted by Crippen LogP contribution is -2.52. The largest absolute Gasteiger partial charge is 0.341 e. The van der Waals surface area contributed by atoms with Crippen LogP contribution in [0.15, 0.2) is 60.7 Å². The Labute approximate surface area is 175 Å². The molecule has 0 unspecified atom stereocenters. The SMILES string of the molecule is CCN1CCCC[C@H]1C(=O)N1CCC(C(c2ccccc2)c2ccccc2)CC1. The van der Waals surface area contributed by atoms with E-state index >= 15 is 0 Å². The summed E-state index contributed by atoms with van der Waals surface area (Å²) in [5, 5.41) is 0. The van der Waals surface area contributed by atoms with Gasteiger partial charge < -0.3 is 4.90 Å². The molecule has 1 atom stereocenters. The lowest BCUT2D eigenvalue weighted by Gasteiger charge is -2.41. The van der Waals surface area contributed by atoms with Gasteiger partial charge in [-0.25, -0.2) is 0 Å². The third kappa shape index (κ3) is 4.56. The predicted molar refractivity (Wildman–Crippen MR) is 119 cm³/mol. The van der Waals surface area contributed by atoms with E-state index in [0.29, 0.717) is 17.7 Å². The fraction of sp³-hybridized carbons (Fsp3) is 0.500. The Morgan fingerprint density at radius 1 is 0.862 bits per heavy atom. The highest BCUT2D eigenvalue weighted by molar-refractivity contribution is 5.82. The van der Waals surface area contributed by atoms with Crippen molar-refractivity contribution in [2.45, 2.75) is 51.0 Å². The Hall–Kier alpha value is -2.13. The molecule has 154 valence electrons. The molecular formula is C26H34N2O. The van der Waals surface area contributed by atoms with Crippen molar-refractivity contribution in [3.8, 4) is 0 Å². The number of piperidine rings is 2. The standard InChI is InChI=1S/C26H34N2O/c1-2-27-18-10-9-15-24(27)26(29)28-19-16-23(17-20-28)25(21-11-5-3-6-12-21)22-13-7-4-8-14-22/h3-8,11-14,23-25H,2,9-10,15-20H2,1H3/t24-/m0/s1. The molecular weight excluding hydrogens is 356 g/mol. The number of carbonyl (C=O) groups excluding carboxylic acids is 1. The molecule has 0 aromatic heterocycles. The molecule has 2 saturated heterocycles. The van der Waals surface area contributed by atoms with E-state index in [-0.39, 0.29) is 6.04 Å². The third-order valence-corrected chi connectivity index (χ3v) is 6.94. The van der Waals surface area contributed by atoms with Gasteiger partial charge in [0.15, 0.2) is 0 Å². The molecule has 0 N–H and O–H groups in total. The molecule has 2 fully saturated rings. The van der Waals surface area contributed by atoms with Crippen LogP contribution >= 0.6 is 0 Å². The normalized spacial score (nSPS) is 21.4. The summed E-state index contributed by atoms with van der Waals surface area (Å²) in [5.41, 5.74) is 2.79. The molecule has 0 radical (unpaired) electrons. The van der Waals surface area contributed by atoms with Crippen molar-refractivity contribution >= 4 is 5.91 Å². The molecule has 0 aliphatic carbocycles. The number of rotatable bonds is 5. The van der Waals surface area contributed by atoms with Crippen LogP contribution in [0.3, 0.4) is 0 Å². The number of benzene rings is 2. The molecule has 3 heteroatoms. The van der Waals surface area contributed by atoms with Crippen molar-refractivity contribution in [3.63, 3.8) is 0 Å².